The molecule has 1 aliphatic rings. The topological polar surface area (TPSA) is 55.1 Å². The predicted octanol–water partition coefficient (Wildman–Crippen LogP) is 0.497. The van der Waals surface area contributed by atoms with Crippen LogP contribution >= 0.6 is 0 Å². The van der Waals surface area contributed by atoms with Crippen molar-refractivity contribution in [2.45, 2.75) is 26.7 Å². The zero-order chi connectivity index (χ0) is 8.91. The van der Waals surface area contributed by atoms with Gasteiger partial charge in [0, 0.05) is 13.6 Å². The van der Waals surface area contributed by atoms with Gasteiger partial charge in [0.1, 0.15) is 0 Å². The fourth-order valence-electron chi connectivity index (χ4n) is 0.940. The maximum Gasteiger partial charge on any atom is 0.227 e. The molecule has 0 heterocycles. The Balaban J connectivity index is 0.000000461. The van der Waals surface area contributed by atoms with E-state index in [1.807, 2.05) is 13.8 Å². The molecule has 0 unspecified atom stereocenters. The summed E-state index contributed by atoms with van der Waals surface area (Å²) in [6, 6.07) is 0. The second kappa shape index (κ2) is 4.34. The molecule has 0 aromatic rings. The van der Waals surface area contributed by atoms with E-state index in [0.717, 1.165) is 12.8 Å². The van der Waals surface area contributed by atoms with E-state index in [1.54, 1.807) is 7.05 Å². The van der Waals surface area contributed by atoms with Crippen molar-refractivity contribution >= 4 is 5.91 Å². The largest absolute Gasteiger partial charge is 0.359 e. The van der Waals surface area contributed by atoms with Crippen LogP contribution in [0.4, 0.5) is 0 Å². The lowest BCUT2D eigenvalue weighted by Crippen LogP contribution is -2.34. The van der Waals surface area contributed by atoms with Crippen LogP contribution in [0.3, 0.4) is 0 Å². The summed E-state index contributed by atoms with van der Waals surface area (Å²) in [6.07, 6.45) is 1.92. The summed E-state index contributed by atoms with van der Waals surface area (Å²) in [4.78, 5) is 10.9. The molecule has 1 aliphatic carbocycles. The summed E-state index contributed by atoms with van der Waals surface area (Å²) in [5.74, 6) is 0.102. The molecule has 11 heavy (non-hydrogen) atoms. The Hall–Kier alpha value is -0.570. The average molecular weight is 158 g/mol. The Morgan fingerprint density at radius 3 is 2.09 bits per heavy atom. The van der Waals surface area contributed by atoms with E-state index >= 15 is 0 Å². The minimum atomic E-state index is -0.172. The Kier molecular flexibility index (Phi) is 4.11. The Morgan fingerprint density at radius 1 is 1.55 bits per heavy atom. The third kappa shape index (κ3) is 2.19. The van der Waals surface area contributed by atoms with Gasteiger partial charge < -0.3 is 11.1 Å². The fraction of sp³-hybridized carbons (Fsp3) is 0.875. The molecular weight excluding hydrogens is 140 g/mol. The van der Waals surface area contributed by atoms with Gasteiger partial charge in [-0.1, -0.05) is 13.8 Å². The lowest BCUT2D eigenvalue weighted by atomic mass is 10.1. The molecule has 3 heteroatoms. The first-order valence-electron chi connectivity index (χ1n) is 4.17. The van der Waals surface area contributed by atoms with Crippen LogP contribution in [-0.2, 0) is 4.79 Å². The van der Waals surface area contributed by atoms with E-state index in [1.165, 1.54) is 0 Å². The molecule has 0 saturated heterocycles. The molecule has 0 radical (unpaired) electrons. The summed E-state index contributed by atoms with van der Waals surface area (Å²) in [6.45, 7) is 4.49. The first-order valence-corrected chi connectivity index (χ1v) is 4.17. The number of amides is 1. The highest BCUT2D eigenvalue weighted by Crippen LogP contribution is 2.44. The SMILES string of the molecule is CC.CNC(=O)C1(CN)CC1. The van der Waals surface area contributed by atoms with E-state index in [4.69, 9.17) is 5.73 Å². The third-order valence-electron chi connectivity index (χ3n) is 1.95. The van der Waals surface area contributed by atoms with Crippen LogP contribution in [0.15, 0.2) is 0 Å². The maximum atomic E-state index is 10.9. The highest BCUT2D eigenvalue weighted by atomic mass is 16.2. The maximum absolute atomic E-state index is 10.9. The first kappa shape index (κ1) is 10.4. The highest BCUT2D eigenvalue weighted by Gasteiger charge is 2.47. The minimum absolute atomic E-state index is 0.102. The number of carbonyl (C=O) groups excluding carboxylic acids is 1. The van der Waals surface area contributed by atoms with Crippen molar-refractivity contribution in [2.24, 2.45) is 11.1 Å². The molecular formula is C8H18N2O. The van der Waals surface area contributed by atoms with E-state index in [-0.39, 0.29) is 11.3 Å². The Labute approximate surface area is 68.3 Å². The number of nitrogens with two attached hydrogens (primary N) is 1. The molecule has 66 valence electrons. The fourth-order valence-corrected chi connectivity index (χ4v) is 0.940. The standard InChI is InChI=1S/C6H12N2O.C2H6/c1-8-5(9)6(4-7)2-3-6;1-2/h2-4,7H2,1H3,(H,8,9);1-2H3. The molecule has 0 bridgehead atoms. The molecule has 0 aromatic heterocycles. The van der Waals surface area contributed by atoms with E-state index in [0.29, 0.717) is 6.54 Å². The lowest BCUT2D eigenvalue weighted by Gasteiger charge is -2.08. The molecule has 1 fully saturated rings. The summed E-state index contributed by atoms with van der Waals surface area (Å²) in [5.41, 5.74) is 5.21. The summed E-state index contributed by atoms with van der Waals surface area (Å²) in [5, 5.41) is 2.60. The zero-order valence-corrected chi connectivity index (χ0v) is 7.61. The summed E-state index contributed by atoms with van der Waals surface area (Å²) < 4.78 is 0. The van der Waals surface area contributed by atoms with Gasteiger partial charge in [0.05, 0.1) is 5.41 Å². The van der Waals surface area contributed by atoms with Gasteiger partial charge in [-0.2, -0.15) is 0 Å². The number of hydrogen-bond donors (Lipinski definition) is 2. The van der Waals surface area contributed by atoms with Crippen molar-refractivity contribution in [1.82, 2.24) is 5.32 Å². The van der Waals surface area contributed by atoms with Gasteiger partial charge in [0.2, 0.25) is 5.91 Å². The molecule has 0 aliphatic heterocycles. The molecule has 0 spiro atoms. The minimum Gasteiger partial charge on any atom is -0.359 e. The van der Waals surface area contributed by atoms with Crippen molar-refractivity contribution in [1.29, 1.82) is 0 Å². The number of carbonyl (C=O) groups is 1. The summed E-state index contributed by atoms with van der Waals surface area (Å²) >= 11 is 0. The smallest absolute Gasteiger partial charge is 0.227 e. The number of nitrogens with one attached hydrogen (secondary N) is 1. The zero-order valence-electron chi connectivity index (χ0n) is 7.61. The van der Waals surface area contributed by atoms with Crippen molar-refractivity contribution < 1.29 is 4.79 Å². The second-order valence-corrected chi connectivity index (χ2v) is 2.56. The van der Waals surface area contributed by atoms with E-state index < -0.39 is 0 Å². The van der Waals surface area contributed by atoms with Crippen LogP contribution < -0.4 is 11.1 Å². The second-order valence-electron chi connectivity index (χ2n) is 2.56. The lowest BCUT2D eigenvalue weighted by molar-refractivity contribution is -0.125. The monoisotopic (exact) mass is 158 g/mol. The Bertz CT molecular complexity index is 130. The molecule has 3 N–H and O–H groups in total. The van der Waals surface area contributed by atoms with Gasteiger partial charge in [0.15, 0.2) is 0 Å². The average Bonchev–Trinajstić information content (AvgIpc) is 2.87. The van der Waals surface area contributed by atoms with Crippen molar-refractivity contribution in [2.75, 3.05) is 13.6 Å². The predicted molar refractivity (Wildman–Crippen MR) is 46.1 cm³/mol. The van der Waals surface area contributed by atoms with Gasteiger partial charge in [-0.05, 0) is 12.8 Å². The third-order valence-corrected chi connectivity index (χ3v) is 1.95. The van der Waals surface area contributed by atoms with Crippen molar-refractivity contribution in [3.05, 3.63) is 0 Å². The summed E-state index contributed by atoms with van der Waals surface area (Å²) in [7, 11) is 1.65. The van der Waals surface area contributed by atoms with Crippen molar-refractivity contribution in [3.63, 3.8) is 0 Å². The van der Waals surface area contributed by atoms with Crippen LogP contribution in [0.1, 0.15) is 26.7 Å². The Morgan fingerprint density at radius 2 is 2.00 bits per heavy atom. The quantitative estimate of drug-likeness (QED) is 0.614. The molecule has 0 aromatic carbocycles. The number of rotatable bonds is 2. The van der Waals surface area contributed by atoms with Gasteiger partial charge in [-0.15, -0.1) is 0 Å². The molecule has 1 saturated carbocycles. The highest BCUT2D eigenvalue weighted by molar-refractivity contribution is 5.85. The van der Waals surface area contributed by atoms with Gasteiger partial charge in [0.25, 0.3) is 0 Å². The normalized spacial score (nSPS) is 17.8. The molecule has 1 rings (SSSR count). The van der Waals surface area contributed by atoms with Crippen LogP contribution in [-0.4, -0.2) is 19.5 Å². The van der Waals surface area contributed by atoms with Crippen LogP contribution in [0.5, 0.6) is 0 Å². The van der Waals surface area contributed by atoms with Crippen LogP contribution in [0, 0.1) is 5.41 Å². The number of hydrogen-bond acceptors (Lipinski definition) is 2. The van der Waals surface area contributed by atoms with Gasteiger partial charge in [-0.3, -0.25) is 4.79 Å². The van der Waals surface area contributed by atoms with Crippen LogP contribution in [0.2, 0.25) is 0 Å². The van der Waals surface area contributed by atoms with E-state index in [2.05, 4.69) is 5.32 Å². The van der Waals surface area contributed by atoms with Crippen LogP contribution in [0.25, 0.3) is 0 Å². The van der Waals surface area contributed by atoms with E-state index in [9.17, 15) is 4.79 Å². The molecule has 3 nitrogen and oxygen atoms in total. The molecule has 1 amide bonds. The molecule has 0 atom stereocenters. The van der Waals surface area contributed by atoms with Gasteiger partial charge in [-0.25, -0.2) is 0 Å². The van der Waals surface area contributed by atoms with Gasteiger partial charge >= 0.3 is 0 Å². The first-order chi connectivity index (χ1) is 5.25. The van der Waals surface area contributed by atoms with Crippen molar-refractivity contribution in [3.8, 4) is 0 Å².